The lowest BCUT2D eigenvalue weighted by molar-refractivity contribution is 0.0942. The Kier molecular flexibility index (Phi) is 6.36. The number of hydrogen-bond donors (Lipinski definition) is 2. The number of sulfonamides is 1. The second-order valence-corrected chi connectivity index (χ2v) is 9.61. The number of amides is 1. The number of carbonyl (C=O) groups excluding carboxylic acids is 1. The van der Waals surface area contributed by atoms with Gasteiger partial charge in [-0.25, -0.2) is 8.42 Å². The summed E-state index contributed by atoms with van der Waals surface area (Å²) in [5.74, 6) is -0.228. The zero-order valence-electron chi connectivity index (χ0n) is 16.4. The molecule has 0 aliphatic heterocycles. The highest BCUT2D eigenvalue weighted by molar-refractivity contribution is 7.94. The molecule has 1 amide bonds. The first-order valence-electron chi connectivity index (χ1n) is 8.86. The average molecular weight is 434 g/mol. The van der Waals surface area contributed by atoms with E-state index in [1.807, 2.05) is 32.2 Å². The number of nitrogens with zero attached hydrogens (tertiary/aromatic N) is 3. The van der Waals surface area contributed by atoms with Crippen LogP contribution in [0.1, 0.15) is 22.0 Å². The number of aromatic nitrogens is 2. The Hall–Kier alpha value is -2.69. The van der Waals surface area contributed by atoms with Crippen molar-refractivity contribution >= 4 is 33.0 Å². The minimum atomic E-state index is -3.61. The number of rotatable bonds is 8. The summed E-state index contributed by atoms with van der Waals surface area (Å²) in [6, 6.07) is 9.55. The van der Waals surface area contributed by atoms with E-state index in [9.17, 15) is 13.2 Å². The van der Waals surface area contributed by atoms with E-state index < -0.39 is 10.0 Å². The molecule has 0 saturated carbocycles. The van der Waals surface area contributed by atoms with Crippen molar-refractivity contribution in [3.05, 3.63) is 65.3 Å². The molecule has 0 saturated heterocycles. The molecule has 0 fully saturated rings. The summed E-state index contributed by atoms with van der Waals surface area (Å²) in [6.07, 6.45) is 3.70. The van der Waals surface area contributed by atoms with E-state index in [0.717, 1.165) is 16.9 Å². The van der Waals surface area contributed by atoms with Crippen LogP contribution in [0.25, 0.3) is 0 Å². The number of carbonyl (C=O) groups is 1. The van der Waals surface area contributed by atoms with Gasteiger partial charge >= 0.3 is 0 Å². The molecule has 8 nitrogen and oxygen atoms in total. The number of likely N-dealkylation sites (N-methyl/N-ethyl adjacent to an activating group) is 1. The summed E-state index contributed by atoms with van der Waals surface area (Å²) in [7, 11) is 2.13. The lowest BCUT2D eigenvalue weighted by Crippen LogP contribution is -2.34. The Morgan fingerprint density at radius 1 is 1.24 bits per heavy atom. The fraction of sp³-hybridized carbons (Fsp3) is 0.263. The smallest absolute Gasteiger partial charge is 0.271 e. The van der Waals surface area contributed by atoms with Gasteiger partial charge in [0, 0.05) is 36.6 Å². The highest BCUT2D eigenvalue weighted by atomic mass is 32.2. The van der Waals surface area contributed by atoms with Crippen LogP contribution in [-0.2, 0) is 17.1 Å². The molecule has 2 N–H and O–H groups in total. The number of benzene rings is 1. The highest BCUT2D eigenvalue weighted by Gasteiger charge is 2.18. The molecule has 0 spiro atoms. The highest BCUT2D eigenvalue weighted by Crippen LogP contribution is 2.21. The summed E-state index contributed by atoms with van der Waals surface area (Å²) in [6.45, 7) is 0.421. The monoisotopic (exact) mass is 433 g/mol. The van der Waals surface area contributed by atoms with Crippen molar-refractivity contribution in [2.24, 2.45) is 7.05 Å². The van der Waals surface area contributed by atoms with Gasteiger partial charge in [-0.2, -0.15) is 5.10 Å². The van der Waals surface area contributed by atoms with Crippen LogP contribution in [0.15, 0.2) is 58.4 Å². The number of thiophene rings is 1. The minimum absolute atomic E-state index is 0.00970. The van der Waals surface area contributed by atoms with Gasteiger partial charge in [0.15, 0.2) is 0 Å². The number of anilines is 1. The van der Waals surface area contributed by atoms with Crippen molar-refractivity contribution in [1.29, 1.82) is 0 Å². The van der Waals surface area contributed by atoms with Gasteiger partial charge in [-0.1, -0.05) is 6.07 Å². The number of hydrogen-bond acceptors (Lipinski definition) is 6. The Balaban J connectivity index is 1.63. The maximum atomic E-state index is 12.5. The third-order valence-corrected chi connectivity index (χ3v) is 7.13. The van der Waals surface area contributed by atoms with Crippen molar-refractivity contribution in [2.75, 3.05) is 25.4 Å². The van der Waals surface area contributed by atoms with Gasteiger partial charge in [0.2, 0.25) is 0 Å². The molecule has 0 bridgehead atoms. The maximum absolute atomic E-state index is 12.5. The Morgan fingerprint density at radius 2 is 1.97 bits per heavy atom. The second-order valence-electron chi connectivity index (χ2n) is 6.75. The van der Waals surface area contributed by atoms with Crippen LogP contribution in [0.3, 0.4) is 0 Å². The predicted octanol–water partition coefficient (Wildman–Crippen LogP) is 2.32. The molecular weight excluding hydrogens is 410 g/mol. The van der Waals surface area contributed by atoms with Crippen LogP contribution < -0.4 is 10.0 Å². The van der Waals surface area contributed by atoms with E-state index in [1.54, 1.807) is 46.6 Å². The molecule has 0 radical (unpaired) electrons. The van der Waals surface area contributed by atoms with Crippen LogP contribution in [0, 0.1) is 0 Å². The average Bonchev–Trinajstić information content (AvgIpc) is 3.34. The fourth-order valence-corrected chi connectivity index (χ4v) is 4.87. The van der Waals surface area contributed by atoms with Crippen molar-refractivity contribution in [3.63, 3.8) is 0 Å². The molecule has 0 aliphatic rings. The van der Waals surface area contributed by atoms with Crippen LogP contribution >= 0.6 is 11.3 Å². The van der Waals surface area contributed by atoms with Crippen LogP contribution in [-0.4, -0.2) is 49.6 Å². The number of aryl methyl sites for hydroxylation is 1. The van der Waals surface area contributed by atoms with Crippen LogP contribution in [0.4, 0.5) is 5.69 Å². The summed E-state index contributed by atoms with van der Waals surface area (Å²) in [4.78, 5) is 14.5. The van der Waals surface area contributed by atoms with Crippen molar-refractivity contribution < 1.29 is 13.2 Å². The lowest BCUT2D eigenvalue weighted by Gasteiger charge is -2.23. The van der Waals surface area contributed by atoms with E-state index in [0.29, 0.717) is 17.8 Å². The van der Waals surface area contributed by atoms with Gasteiger partial charge in [0.25, 0.3) is 15.9 Å². The van der Waals surface area contributed by atoms with Crippen LogP contribution in [0.5, 0.6) is 0 Å². The molecular formula is C19H23N5O3S2. The maximum Gasteiger partial charge on any atom is 0.271 e. The van der Waals surface area contributed by atoms with E-state index in [4.69, 9.17) is 0 Å². The third-order valence-electron chi connectivity index (χ3n) is 4.35. The zero-order chi connectivity index (χ0) is 21.0. The largest absolute Gasteiger partial charge is 0.350 e. The first kappa shape index (κ1) is 21.0. The topological polar surface area (TPSA) is 96.3 Å². The van der Waals surface area contributed by atoms with Gasteiger partial charge < -0.3 is 10.2 Å². The normalized spacial score (nSPS) is 12.7. The van der Waals surface area contributed by atoms with Gasteiger partial charge in [0.1, 0.15) is 4.21 Å². The predicted molar refractivity (Wildman–Crippen MR) is 114 cm³/mol. The van der Waals surface area contributed by atoms with Gasteiger partial charge in [-0.05, 0) is 49.8 Å². The SMILES string of the molecule is CN(C)C(CNC(=O)c1ccc(NS(=O)(=O)c2cccs2)cc1)c1cnn(C)c1. The van der Waals surface area contributed by atoms with E-state index >= 15 is 0 Å². The zero-order valence-corrected chi connectivity index (χ0v) is 18.0. The molecule has 0 aliphatic carbocycles. The van der Waals surface area contributed by atoms with E-state index in [-0.39, 0.29) is 16.2 Å². The summed E-state index contributed by atoms with van der Waals surface area (Å²) < 4.78 is 29.0. The molecule has 10 heteroatoms. The van der Waals surface area contributed by atoms with Gasteiger partial charge in [-0.3, -0.25) is 14.2 Å². The Morgan fingerprint density at radius 3 is 2.52 bits per heavy atom. The molecule has 154 valence electrons. The third kappa shape index (κ3) is 5.22. The molecule has 1 aromatic carbocycles. The van der Waals surface area contributed by atoms with Gasteiger partial charge in [-0.15, -0.1) is 11.3 Å². The Labute approximate surface area is 174 Å². The molecule has 2 aromatic heterocycles. The fourth-order valence-electron chi connectivity index (χ4n) is 2.81. The van der Waals surface area contributed by atoms with Crippen LogP contribution in [0.2, 0.25) is 0 Å². The molecule has 3 rings (SSSR count). The van der Waals surface area contributed by atoms with Gasteiger partial charge in [0.05, 0.1) is 12.2 Å². The lowest BCUT2D eigenvalue weighted by atomic mass is 10.1. The first-order valence-corrected chi connectivity index (χ1v) is 11.2. The van der Waals surface area contributed by atoms with Crippen molar-refractivity contribution in [2.45, 2.75) is 10.3 Å². The standard InChI is InChI=1S/C19H23N5O3S2/c1-23(2)17(15-11-21-24(3)13-15)12-20-19(25)14-6-8-16(9-7-14)22-29(26,27)18-5-4-10-28-18/h4-11,13,17,22H,12H2,1-3H3,(H,20,25). The second kappa shape index (κ2) is 8.76. The molecule has 29 heavy (non-hydrogen) atoms. The molecule has 1 atom stereocenters. The van der Waals surface area contributed by atoms with Crippen molar-refractivity contribution in [3.8, 4) is 0 Å². The molecule has 1 unspecified atom stereocenters. The Bertz CT molecular complexity index is 1060. The minimum Gasteiger partial charge on any atom is -0.350 e. The first-order chi connectivity index (χ1) is 13.8. The number of nitrogens with one attached hydrogen (secondary N) is 2. The van der Waals surface area contributed by atoms with E-state index in [1.165, 1.54) is 6.07 Å². The van der Waals surface area contributed by atoms with E-state index in [2.05, 4.69) is 15.1 Å². The summed E-state index contributed by atoms with van der Waals surface area (Å²) >= 11 is 1.14. The quantitative estimate of drug-likeness (QED) is 0.568. The molecule has 2 heterocycles. The summed E-state index contributed by atoms with van der Waals surface area (Å²) in [5.41, 5.74) is 1.86. The molecule has 3 aromatic rings. The summed E-state index contributed by atoms with van der Waals surface area (Å²) in [5, 5.41) is 8.81. The van der Waals surface area contributed by atoms with Crippen molar-refractivity contribution in [1.82, 2.24) is 20.0 Å².